The van der Waals surface area contributed by atoms with Crippen LogP contribution < -0.4 is 5.73 Å². The average molecular weight is 279 g/mol. The van der Waals surface area contributed by atoms with Gasteiger partial charge in [0.15, 0.2) is 24.0 Å². The fourth-order valence-corrected chi connectivity index (χ4v) is 2.50. The highest BCUT2D eigenvalue weighted by Gasteiger charge is 2.31. The summed E-state index contributed by atoms with van der Waals surface area (Å²) >= 11 is 0. The molecule has 0 atom stereocenters. The standard InChI is InChI=1S/C15H9N3O3/c16-11-10(19)6-21-14(11)15-17-5-9-12(18-15)7-3-1-2-4-8(7)13(9)20/h1-5H,6,16H2. The molecule has 2 N–H and O–H groups in total. The first kappa shape index (κ1) is 11.8. The lowest BCUT2D eigenvalue weighted by molar-refractivity contribution is -0.116. The van der Waals surface area contributed by atoms with Gasteiger partial charge in [0.1, 0.15) is 5.70 Å². The molecule has 102 valence electrons. The maximum absolute atomic E-state index is 12.2. The molecule has 2 heterocycles. The summed E-state index contributed by atoms with van der Waals surface area (Å²) in [6.45, 7) is -0.100. The number of benzene rings is 1. The molecule has 1 aliphatic heterocycles. The van der Waals surface area contributed by atoms with E-state index in [2.05, 4.69) is 9.97 Å². The molecule has 0 radical (unpaired) electrons. The molecule has 6 nitrogen and oxygen atoms in total. The Morgan fingerprint density at radius 2 is 1.86 bits per heavy atom. The van der Waals surface area contributed by atoms with E-state index < -0.39 is 0 Å². The zero-order valence-corrected chi connectivity index (χ0v) is 10.8. The van der Waals surface area contributed by atoms with E-state index in [1.54, 1.807) is 12.1 Å². The van der Waals surface area contributed by atoms with E-state index in [-0.39, 0.29) is 35.5 Å². The number of carbonyl (C=O) groups excluding carboxylic acids is 2. The van der Waals surface area contributed by atoms with Crippen molar-refractivity contribution in [3.8, 4) is 11.3 Å². The van der Waals surface area contributed by atoms with Gasteiger partial charge in [0.05, 0.1) is 11.3 Å². The first-order valence-electron chi connectivity index (χ1n) is 6.34. The fourth-order valence-electron chi connectivity index (χ4n) is 2.50. The van der Waals surface area contributed by atoms with Crippen molar-refractivity contribution in [2.75, 3.05) is 6.61 Å². The second kappa shape index (κ2) is 3.99. The number of rotatable bonds is 1. The zero-order chi connectivity index (χ0) is 14.6. The predicted octanol–water partition coefficient (Wildman–Crippen LogP) is 0.915. The minimum Gasteiger partial charge on any atom is -0.479 e. The van der Waals surface area contributed by atoms with Gasteiger partial charge in [-0.05, 0) is 0 Å². The van der Waals surface area contributed by atoms with Gasteiger partial charge in [0.25, 0.3) is 0 Å². The monoisotopic (exact) mass is 279 g/mol. The SMILES string of the molecule is NC1=C(c2ncc3c(n2)-c2ccccc2C3=O)OCC1=O. The van der Waals surface area contributed by atoms with Crippen molar-refractivity contribution in [1.29, 1.82) is 0 Å². The van der Waals surface area contributed by atoms with Gasteiger partial charge >= 0.3 is 0 Å². The van der Waals surface area contributed by atoms with Crippen LogP contribution in [0.3, 0.4) is 0 Å². The summed E-state index contributed by atoms with van der Waals surface area (Å²) in [5.41, 5.74) is 8.05. The van der Waals surface area contributed by atoms with E-state index in [4.69, 9.17) is 10.5 Å². The van der Waals surface area contributed by atoms with Crippen LogP contribution in [0, 0.1) is 0 Å². The number of hydrogen-bond acceptors (Lipinski definition) is 6. The fraction of sp³-hybridized carbons (Fsp3) is 0.0667. The van der Waals surface area contributed by atoms with Crippen molar-refractivity contribution in [2.45, 2.75) is 0 Å². The Morgan fingerprint density at radius 1 is 1.10 bits per heavy atom. The van der Waals surface area contributed by atoms with Crippen LogP contribution in [0.2, 0.25) is 0 Å². The maximum Gasteiger partial charge on any atom is 0.219 e. The van der Waals surface area contributed by atoms with Crippen molar-refractivity contribution in [3.05, 3.63) is 53.1 Å². The number of aromatic nitrogens is 2. The number of ketones is 2. The molecule has 0 saturated carbocycles. The summed E-state index contributed by atoms with van der Waals surface area (Å²) in [5, 5.41) is 0. The molecule has 6 heteroatoms. The first-order chi connectivity index (χ1) is 10.2. The number of nitrogens with zero attached hydrogens (tertiary/aromatic N) is 2. The van der Waals surface area contributed by atoms with Crippen LogP contribution >= 0.6 is 0 Å². The van der Waals surface area contributed by atoms with Gasteiger partial charge in [-0.3, -0.25) is 9.59 Å². The van der Waals surface area contributed by atoms with Crippen LogP contribution in [0.1, 0.15) is 21.7 Å². The van der Waals surface area contributed by atoms with E-state index in [0.29, 0.717) is 16.8 Å². The second-order valence-corrected chi connectivity index (χ2v) is 4.79. The minimum atomic E-state index is -0.287. The van der Waals surface area contributed by atoms with Gasteiger partial charge in [0, 0.05) is 17.3 Å². The average Bonchev–Trinajstić information content (AvgIpc) is 2.99. The van der Waals surface area contributed by atoms with Crippen molar-refractivity contribution in [1.82, 2.24) is 9.97 Å². The molecule has 0 amide bonds. The van der Waals surface area contributed by atoms with Gasteiger partial charge in [-0.1, -0.05) is 24.3 Å². The number of nitrogens with two attached hydrogens (primary N) is 1. The number of fused-ring (bicyclic) bond motifs is 3. The van der Waals surface area contributed by atoms with E-state index in [1.807, 2.05) is 12.1 Å². The highest BCUT2D eigenvalue weighted by Crippen LogP contribution is 2.35. The highest BCUT2D eigenvalue weighted by molar-refractivity contribution is 6.20. The Kier molecular flexibility index (Phi) is 2.24. The van der Waals surface area contributed by atoms with Gasteiger partial charge < -0.3 is 10.5 Å². The van der Waals surface area contributed by atoms with Gasteiger partial charge in [-0.15, -0.1) is 0 Å². The quantitative estimate of drug-likeness (QED) is 0.711. The van der Waals surface area contributed by atoms with Crippen LogP contribution in [0.15, 0.2) is 36.2 Å². The second-order valence-electron chi connectivity index (χ2n) is 4.79. The summed E-state index contributed by atoms with van der Waals surface area (Å²) in [5.74, 6) is 0.0179. The third-order valence-corrected chi connectivity index (χ3v) is 3.56. The Morgan fingerprint density at radius 3 is 2.57 bits per heavy atom. The summed E-state index contributed by atoms with van der Waals surface area (Å²) in [6, 6.07) is 7.22. The molecule has 2 aliphatic rings. The molecule has 0 fully saturated rings. The topological polar surface area (TPSA) is 95.2 Å². The largest absolute Gasteiger partial charge is 0.479 e. The lowest BCUT2D eigenvalue weighted by Crippen LogP contribution is -2.09. The predicted molar refractivity (Wildman–Crippen MR) is 73.0 cm³/mol. The normalized spacial score (nSPS) is 16.0. The van der Waals surface area contributed by atoms with Crippen molar-refractivity contribution in [3.63, 3.8) is 0 Å². The number of hydrogen-bond donors (Lipinski definition) is 1. The molecule has 0 spiro atoms. The Bertz CT molecular complexity index is 855. The molecular formula is C15H9N3O3. The molecule has 21 heavy (non-hydrogen) atoms. The third kappa shape index (κ3) is 1.53. The van der Waals surface area contributed by atoms with Gasteiger partial charge in [-0.25, -0.2) is 9.97 Å². The zero-order valence-electron chi connectivity index (χ0n) is 10.8. The summed E-state index contributed by atoms with van der Waals surface area (Å²) in [4.78, 5) is 32.1. The van der Waals surface area contributed by atoms with Gasteiger partial charge in [0.2, 0.25) is 5.78 Å². The molecule has 1 aromatic heterocycles. The Hall–Kier alpha value is -3.02. The summed E-state index contributed by atoms with van der Waals surface area (Å²) < 4.78 is 5.23. The molecule has 2 aromatic rings. The van der Waals surface area contributed by atoms with E-state index >= 15 is 0 Å². The smallest absolute Gasteiger partial charge is 0.219 e. The van der Waals surface area contributed by atoms with Crippen LogP contribution in [0.25, 0.3) is 17.0 Å². The van der Waals surface area contributed by atoms with E-state index in [1.165, 1.54) is 6.20 Å². The van der Waals surface area contributed by atoms with E-state index in [0.717, 1.165) is 5.56 Å². The summed E-state index contributed by atoms with van der Waals surface area (Å²) in [6.07, 6.45) is 1.45. The highest BCUT2D eigenvalue weighted by atomic mass is 16.5. The van der Waals surface area contributed by atoms with Crippen LogP contribution in [0.5, 0.6) is 0 Å². The third-order valence-electron chi connectivity index (χ3n) is 3.56. The minimum absolute atomic E-state index is 0.0209. The molecule has 0 bridgehead atoms. The number of carbonyl (C=O) groups is 2. The first-order valence-corrected chi connectivity index (χ1v) is 6.34. The maximum atomic E-state index is 12.2. The summed E-state index contributed by atoms with van der Waals surface area (Å²) in [7, 11) is 0. The Labute approximate surface area is 119 Å². The molecule has 0 saturated heterocycles. The van der Waals surface area contributed by atoms with Crippen LogP contribution in [-0.4, -0.2) is 28.1 Å². The molecule has 1 aliphatic carbocycles. The van der Waals surface area contributed by atoms with Crippen LogP contribution in [0.4, 0.5) is 0 Å². The van der Waals surface area contributed by atoms with E-state index in [9.17, 15) is 9.59 Å². The van der Waals surface area contributed by atoms with Crippen LogP contribution in [-0.2, 0) is 9.53 Å². The Balaban J connectivity index is 1.92. The van der Waals surface area contributed by atoms with Crippen molar-refractivity contribution < 1.29 is 14.3 Å². The molecule has 1 aromatic carbocycles. The van der Waals surface area contributed by atoms with Gasteiger partial charge in [-0.2, -0.15) is 0 Å². The molecule has 4 rings (SSSR count). The van der Waals surface area contributed by atoms with Crippen molar-refractivity contribution >= 4 is 17.3 Å². The molecule has 0 unspecified atom stereocenters. The number of ether oxygens (including phenoxy) is 1. The lowest BCUT2D eigenvalue weighted by Gasteiger charge is -2.04. The van der Waals surface area contributed by atoms with Crippen molar-refractivity contribution in [2.24, 2.45) is 5.73 Å². The molecular weight excluding hydrogens is 270 g/mol. The lowest BCUT2D eigenvalue weighted by atomic mass is 10.1. The number of Topliss-reactive ketones (excluding diaryl/α,β-unsaturated/α-hetero) is 1.